The second-order valence-corrected chi connectivity index (χ2v) is 2.55. The van der Waals surface area contributed by atoms with Crippen LogP contribution in [0.15, 0.2) is 12.1 Å². The van der Waals surface area contributed by atoms with Crippen molar-refractivity contribution < 1.29 is 14.2 Å². The molecular formula is C8H8ClFO2. The number of phenols is 1. The average Bonchev–Trinajstić information content (AvgIpc) is 2.06. The summed E-state index contributed by atoms with van der Waals surface area (Å²) in [5, 5.41) is 9.10. The van der Waals surface area contributed by atoms with Gasteiger partial charge in [0, 0.05) is 0 Å². The Morgan fingerprint density at radius 3 is 2.83 bits per heavy atom. The number of hydrogen-bond donors (Lipinski definition) is 1. The van der Waals surface area contributed by atoms with Gasteiger partial charge in [0.2, 0.25) is 5.82 Å². The number of aromatic hydroxyl groups is 1. The van der Waals surface area contributed by atoms with Crippen molar-refractivity contribution in [2.75, 3.05) is 6.61 Å². The molecule has 0 bridgehead atoms. The van der Waals surface area contributed by atoms with Gasteiger partial charge in [-0.3, -0.25) is 0 Å². The Morgan fingerprint density at radius 2 is 2.25 bits per heavy atom. The highest BCUT2D eigenvalue weighted by Crippen LogP contribution is 2.32. The molecule has 0 amide bonds. The van der Waals surface area contributed by atoms with Crippen molar-refractivity contribution in [1.82, 2.24) is 0 Å². The summed E-state index contributed by atoms with van der Waals surface area (Å²) in [7, 11) is 0. The van der Waals surface area contributed by atoms with Crippen LogP contribution in [0, 0.1) is 5.82 Å². The fourth-order valence-electron chi connectivity index (χ4n) is 0.799. The molecule has 0 aliphatic rings. The first kappa shape index (κ1) is 9.13. The first-order valence-electron chi connectivity index (χ1n) is 3.46. The molecule has 4 heteroatoms. The van der Waals surface area contributed by atoms with Crippen LogP contribution in [-0.4, -0.2) is 11.7 Å². The van der Waals surface area contributed by atoms with Gasteiger partial charge in [0.1, 0.15) is 0 Å². The van der Waals surface area contributed by atoms with Crippen LogP contribution in [0.3, 0.4) is 0 Å². The first-order valence-corrected chi connectivity index (χ1v) is 3.84. The van der Waals surface area contributed by atoms with Gasteiger partial charge in [-0.15, -0.1) is 0 Å². The summed E-state index contributed by atoms with van der Waals surface area (Å²) in [5.74, 6) is -1.37. The fraction of sp³-hybridized carbons (Fsp3) is 0.250. The van der Waals surface area contributed by atoms with E-state index >= 15 is 0 Å². The minimum absolute atomic E-state index is 0.0980. The molecule has 0 heterocycles. The van der Waals surface area contributed by atoms with Gasteiger partial charge in [0.25, 0.3) is 0 Å². The maximum Gasteiger partial charge on any atom is 0.208 e. The second-order valence-electron chi connectivity index (χ2n) is 2.14. The predicted octanol–water partition coefficient (Wildman–Crippen LogP) is 2.58. The summed E-state index contributed by atoms with van der Waals surface area (Å²) in [4.78, 5) is 0. The Balaban J connectivity index is 3.14. The van der Waals surface area contributed by atoms with E-state index in [0.29, 0.717) is 6.61 Å². The lowest BCUT2D eigenvalue weighted by Gasteiger charge is -2.06. The molecule has 0 spiro atoms. The Hall–Kier alpha value is -0.960. The number of phenolic OH excluding ortho intramolecular Hbond substituents is 1. The van der Waals surface area contributed by atoms with E-state index in [4.69, 9.17) is 21.4 Å². The van der Waals surface area contributed by atoms with Crippen molar-refractivity contribution in [3.8, 4) is 11.5 Å². The van der Waals surface area contributed by atoms with Gasteiger partial charge < -0.3 is 9.84 Å². The first-order chi connectivity index (χ1) is 5.66. The summed E-state index contributed by atoms with van der Waals surface area (Å²) in [5.41, 5.74) is 0. The van der Waals surface area contributed by atoms with Gasteiger partial charge in [0.05, 0.1) is 11.6 Å². The van der Waals surface area contributed by atoms with Crippen LogP contribution in [0.25, 0.3) is 0 Å². The highest BCUT2D eigenvalue weighted by Gasteiger charge is 2.12. The molecule has 0 aliphatic heterocycles. The third-order valence-corrected chi connectivity index (χ3v) is 1.61. The van der Waals surface area contributed by atoms with Crippen LogP contribution in [-0.2, 0) is 0 Å². The van der Waals surface area contributed by atoms with Gasteiger partial charge in [-0.05, 0) is 19.1 Å². The molecule has 66 valence electrons. The molecule has 0 saturated carbocycles. The normalized spacial score (nSPS) is 9.92. The molecular weight excluding hydrogens is 183 g/mol. The van der Waals surface area contributed by atoms with Crippen LogP contribution in [0.4, 0.5) is 4.39 Å². The van der Waals surface area contributed by atoms with Crippen LogP contribution >= 0.6 is 11.6 Å². The summed E-state index contributed by atoms with van der Waals surface area (Å²) in [6, 6.07) is 2.56. The molecule has 1 aromatic rings. The topological polar surface area (TPSA) is 29.5 Å². The van der Waals surface area contributed by atoms with Crippen molar-refractivity contribution in [3.63, 3.8) is 0 Å². The van der Waals surface area contributed by atoms with Crippen LogP contribution in [0.1, 0.15) is 6.92 Å². The summed E-state index contributed by atoms with van der Waals surface area (Å²) in [6.45, 7) is 2.01. The quantitative estimate of drug-likeness (QED) is 0.777. The lowest BCUT2D eigenvalue weighted by atomic mass is 10.3. The number of halogens is 2. The molecule has 2 nitrogen and oxygen atoms in total. The summed E-state index contributed by atoms with van der Waals surface area (Å²) >= 11 is 5.60. The third-order valence-electron chi connectivity index (χ3n) is 1.32. The van der Waals surface area contributed by atoms with Gasteiger partial charge in [-0.1, -0.05) is 11.6 Å². The summed E-state index contributed by atoms with van der Waals surface area (Å²) < 4.78 is 17.9. The van der Waals surface area contributed by atoms with Gasteiger partial charge in [-0.2, -0.15) is 4.39 Å². The van der Waals surface area contributed by atoms with E-state index in [1.54, 1.807) is 6.92 Å². The standard InChI is InChI=1S/C8H8ClFO2/c1-2-12-8-5(9)3-4-6(11)7(8)10/h3-4,11H,2H2,1H3. The zero-order valence-electron chi connectivity index (χ0n) is 6.47. The van der Waals surface area contributed by atoms with Gasteiger partial charge >= 0.3 is 0 Å². The Morgan fingerprint density at radius 1 is 1.58 bits per heavy atom. The minimum atomic E-state index is -0.815. The zero-order valence-corrected chi connectivity index (χ0v) is 7.23. The minimum Gasteiger partial charge on any atom is -0.505 e. The van der Waals surface area contributed by atoms with E-state index in [9.17, 15) is 4.39 Å². The third kappa shape index (κ3) is 1.61. The Kier molecular flexibility index (Phi) is 2.76. The predicted molar refractivity (Wildman–Crippen MR) is 44.2 cm³/mol. The number of rotatable bonds is 2. The van der Waals surface area contributed by atoms with Crippen LogP contribution in [0.5, 0.6) is 11.5 Å². The molecule has 1 aromatic carbocycles. The van der Waals surface area contributed by atoms with Crippen LogP contribution in [0.2, 0.25) is 5.02 Å². The molecule has 0 saturated heterocycles. The van der Waals surface area contributed by atoms with Crippen molar-refractivity contribution in [2.24, 2.45) is 0 Å². The largest absolute Gasteiger partial charge is 0.505 e. The van der Waals surface area contributed by atoms with Crippen molar-refractivity contribution in [2.45, 2.75) is 6.92 Å². The maximum absolute atomic E-state index is 13.0. The maximum atomic E-state index is 13.0. The molecule has 0 aromatic heterocycles. The highest BCUT2D eigenvalue weighted by molar-refractivity contribution is 6.32. The second kappa shape index (κ2) is 3.63. The van der Waals surface area contributed by atoms with E-state index in [0.717, 1.165) is 0 Å². The van der Waals surface area contributed by atoms with E-state index < -0.39 is 11.6 Å². The number of hydrogen-bond acceptors (Lipinski definition) is 2. The zero-order chi connectivity index (χ0) is 9.14. The molecule has 0 atom stereocenters. The van der Waals surface area contributed by atoms with Crippen molar-refractivity contribution in [1.29, 1.82) is 0 Å². The number of benzene rings is 1. The van der Waals surface area contributed by atoms with Gasteiger partial charge in [0.15, 0.2) is 11.5 Å². The molecule has 12 heavy (non-hydrogen) atoms. The van der Waals surface area contributed by atoms with E-state index in [-0.39, 0.29) is 10.8 Å². The molecule has 0 aliphatic carbocycles. The summed E-state index contributed by atoms with van der Waals surface area (Å²) in [6.07, 6.45) is 0. The SMILES string of the molecule is CCOc1c(Cl)ccc(O)c1F. The molecule has 1 rings (SSSR count). The fourth-order valence-corrected chi connectivity index (χ4v) is 0.999. The molecule has 0 unspecified atom stereocenters. The Labute approximate surface area is 74.5 Å². The molecule has 0 radical (unpaired) electrons. The van der Waals surface area contributed by atoms with Gasteiger partial charge in [-0.25, -0.2) is 0 Å². The van der Waals surface area contributed by atoms with E-state index in [2.05, 4.69) is 0 Å². The lowest BCUT2D eigenvalue weighted by molar-refractivity contribution is 0.313. The van der Waals surface area contributed by atoms with Crippen molar-refractivity contribution in [3.05, 3.63) is 23.0 Å². The van der Waals surface area contributed by atoms with Crippen molar-refractivity contribution >= 4 is 11.6 Å². The van der Waals surface area contributed by atoms with E-state index in [1.165, 1.54) is 12.1 Å². The number of ether oxygens (including phenoxy) is 1. The molecule has 1 N–H and O–H groups in total. The smallest absolute Gasteiger partial charge is 0.208 e. The van der Waals surface area contributed by atoms with Crippen LogP contribution < -0.4 is 4.74 Å². The van der Waals surface area contributed by atoms with E-state index in [1.807, 2.05) is 0 Å². The highest BCUT2D eigenvalue weighted by atomic mass is 35.5. The lowest BCUT2D eigenvalue weighted by Crippen LogP contribution is -1.95. The average molecular weight is 191 g/mol. The Bertz CT molecular complexity index is 289. The molecule has 0 fully saturated rings. The monoisotopic (exact) mass is 190 g/mol.